The predicted octanol–water partition coefficient (Wildman–Crippen LogP) is 13.7. The first-order chi connectivity index (χ1) is 29.0. The van der Waals surface area contributed by atoms with E-state index < -0.39 is 5.41 Å². The highest BCUT2D eigenvalue weighted by Gasteiger charge is 2.49. The second-order valence-electron chi connectivity index (χ2n) is 15.2. The average Bonchev–Trinajstić information content (AvgIpc) is 3.51. The van der Waals surface area contributed by atoms with Crippen LogP contribution in [0.4, 0.5) is 11.4 Å². The van der Waals surface area contributed by atoms with Crippen LogP contribution in [0, 0.1) is 35.8 Å². The molecule has 10 rings (SSSR count). The SMILES string of the molecule is [C-]#[N+]c1ccc(-c2ccc3c(c2)C2(c4cc(-c5ccc(C#N)cc5)ccc4CC3)c3cc(-c4ccc(C#N)cc4)ccc3-c3ccc(-c4ccc([N+]#[C-])cc4)cc32)cc1. The van der Waals surface area contributed by atoms with Crippen molar-refractivity contribution in [3.8, 4) is 67.8 Å². The third-order valence-corrected chi connectivity index (χ3v) is 12.2. The monoisotopic (exact) mass is 748 g/mol. The number of fused-ring (bicyclic) bond motifs is 9. The fourth-order valence-corrected chi connectivity index (χ4v) is 9.26. The Balaban J connectivity index is 1.32. The molecule has 0 N–H and O–H groups in total. The first kappa shape index (κ1) is 35.2. The lowest BCUT2D eigenvalue weighted by atomic mass is 9.65. The van der Waals surface area contributed by atoms with Crippen molar-refractivity contribution in [3.63, 3.8) is 0 Å². The summed E-state index contributed by atoms with van der Waals surface area (Å²) in [5.74, 6) is 0. The van der Waals surface area contributed by atoms with Crippen LogP contribution in [-0.2, 0) is 18.3 Å². The Bertz CT molecular complexity index is 2950. The van der Waals surface area contributed by atoms with Crippen molar-refractivity contribution in [3.05, 3.63) is 237 Å². The average molecular weight is 749 g/mol. The number of hydrogen-bond donors (Lipinski definition) is 0. The van der Waals surface area contributed by atoms with E-state index in [1.165, 1.54) is 44.5 Å². The molecular weight excluding hydrogens is 717 g/mol. The summed E-state index contributed by atoms with van der Waals surface area (Å²) < 4.78 is 0. The van der Waals surface area contributed by atoms with Crippen LogP contribution in [-0.4, -0.2) is 0 Å². The van der Waals surface area contributed by atoms with E-state index in [9.17, 15) is 10.5 Å². The van der Waals surface area contributed by atoms with Gasteiger partial charge in [0.1, 0.15) is 0 Å². The van der Waals surface area contributed by atoms with Gasteiger partial charge in [-0.25, -0.2) is 9.69 Å². The van der Waals surface area contributed by atoms with Gasteiger partial charge in [0, 0.05) is 0 Å². The second-order valence-corrected chi connectivity index (χ2v) is 15.2. The van der Waals surface area contributed by atoms with Crippen LogP contribution >= 0.6 is 0 Å². The van der Waals surface area contributed by atoms with Crippen molar-refractivity contribution in [1.82, 2.24) is 0 Å². The molecule has 1 spiro atoms. The van der Waals surface area contributed by atoms with Gasteiger partial charge in [0.2, 0.25) is 0 Å². The van der Waals surface area contributed by atoms with Gasteiger partial charge in [0.15, 0.2) is 11.4 Å². The highest BCUT2D eigenvalue weighted by Crippen LogP contribution is 2.60. The Morgan fingerprint density at radius 1 is 0.373 bits per heavy atom. The lowest BCUT2D eigenvalue weighted by Crippen LogP contribution is -2.30. The summed E-state index contributed by atoms with van der Waals surface area (Å²) in [5.41, 5.74) is 19.9. The van der Waals surface area contributed by atoms with Crippen LogP contribution < -0.4 is 0 Å². The number of benzene rings is 8. The highest BCUT2D eigenvalue weighted by atomic mass is 14.6. The van der Waals surface area contributed by atoms with Crippen molar-refractivity contribution < 1.29 is 0 Å². The number of aryl methyl sites for hydroxylation is 2. The molecule has 0 fully saturated rings. The fourth-order valence-electron chi connectivity index (χ4n) is 9.26. The minimum Gasteiger partial charge on any atom is -0.238 e. The topological polar surface area (TPSA) is 56.3 Å². The van der Waals surface area contributed by atoms with Gasteiger partial charge in [-0.3, -0.25) is 0 Å². The van der Waals surface area contributed by atoms with Crippen LogP contribution in [0.2, 0.25) is 0 Å². The normalized spacial score (nSPS) is 14.3. The maximum atomic E-state index is 9.61. The van der Waals surface area contributed by atoms with E-state index in [-0.39, 0.29) is 0 Å². The fraction of sp³-hybridized carbons (Fsp3) is 0.0545. The van der Waals surface area contributed by atoms with Crippen LogP contribution in [0.5, 0.6) is 0 Å². The number of hydrogen-bond acceptors (Lipinski definition) is 2. The van der Waals surface area contributed by atoms with Gasteiger partial charge in [-0.05, 0) is 150 Å². The molecule has 2 aliphatic rings. The summed E-state index contributed by atoms with van der Waals surface area (Å²) in [4.78, 5) is 7.30. The zero-order valence-corrected chi connectivity index (χ0v) is 31.9. The molecule has 0 aliphatic heterocycles. The molecule has 0 heterocycles. The highest BCUT2D eigenvalue weighted by molar-refractivity contribution is 5.92. The molecule has 1 atom stereocenters. The van der Waals surface area contributed by atoms with E-state index in [1.807, 2.05) is 97.1 Å². The van der Waals surface area contributed by atoms with Crippen molar-refractivity contribution in [2.45, 2.75) is 18.3 Å². The van der Waals surface area contributed by atoms with Crippen molar-refractivity contribution in [2.24, 2.45) is 0 Å². The first-order valence-corrected chi connectivity index (χ1v) is 19.5. The first-order valence-electron chi connectivity index (χ1n) is 19.5. The van der Waals surface area contributed by atoms with Crippen LogP contribution in [0.1, 0.15) is 44.5 Å². The molecule has 0 amide bonds. The third-order valence-electron chi connectivity index (χ3n) is 12.2. The predicted molar refractivity (Wildman–Crippen MR) is 235 cm³/mol. The molecule has 0 saturated carbocycles. The van der Waals surface area contributed by atoms with Crippen LogP contribution in [0.25, 0.3) is 65.3 Å². The molecule has 0 saturated heterocycles. The van der Waals surface area contributed by atoms with Crippen LogP contribution in [0.3, 0.4) is 0 Å². The van der Waals surface area contributed by atoms with Crippen molar-refractivity contribution >= 4 is 11.4 Å². The molecule has 8 aromatic rings. The summed E-state index contributed by atoms with van der Waals surface area (Å²) >= 11 is 0. The molecule has 2 aliphatic carbocycles. The van der Waals surface area contributed by atoms with Crippen LogP contribution in [0.15, 0.2) is 170 Å². The largest absolute Gasteiger partial charge is 0.238 e. The summed E-state index contributed by atoms with van der Waals surface area (Å²) in [6.45, 7) is 15.1. The van der Waals surface area contributed by atoms with Gasteiger partial charge in [0.05, 0.1) is 41.8 Å². The van der Waals surface area contributed by atoms with E-state index in [1.54, 1.807) is 0 Å². The van der Waals surface area contributed by atoms with E-state index in [2.05, 4.69) is 94.6 Å². The Morgan fingerprint density at radius 3 is 1.02 bits per heavy atom. The maximum absolute atomic E-state index is 9.61. The Hall–Kier alpha value is -8.28. The third kappa shape index (κ3) is 5.72. The summed E-state index contributed by atoms with van der Waals surface area (Å²) in [6.07, 6.45) is 1.71. The van der Waals surface area contributed by atoms with E-state index in [0.717, 1.165) is 57.3 Å². The van der Waals surface area contributed by atoms with E-state index >= 15 is 0 Å². The van der Waals surface area contributed by atoms with Gasteiger partial charge in [-0.1, -0.05) is 121 Å². The van der Waals surface area contributed by atoms with Gasteiger partial charge in [-0.15, -0.1) is 0 Å². The van der Waals surface area contributed by atoms with Crippen molar-refractivity contribution in [1.29, 1.82) is 10.5 Å². The minimum atomic E-state index is -0.754. The standard InChI is InChI=1S/C55H32N4/c1-58-47-23-17-39(18-24-47)44-16-14-42-12-11-41-13-15-43(37-7-3-35(33-56)4-8-37)29-51(41)55(52(42)30-44)53-31-45(38-9-5-36(34-57)6-10-38)21-27-49(53)50-28-22-46(32-54(50)55)40-19-25-48(59-2)26-20-40/h3-10,13-32H,11-12H2. The van der Waals surface area contributed by atoms with E-state index in [0.29, 0.717) is 22.5 Å². The molecule has 8 aromatic carbocycles. The second kappa shape index (κ2) is 14.0. The quantitative estimate of drug-likeness (QED) is 0.168. The smallest absolute Gasteiger partial charge is 0.187 e. The zero-order valence-electron chi connectivity index (χ0n) is 31.9. The molecule has 59 heavy (non-hydrogen) atoms. The molecule has 272 valence electrons. The minimum absolute atomic E-state index is 0.605. The molecule has 1 unspecified atom stereocenters. The van der Waals surface area contributed by atoms with Gasteiger partial charge >= 0.3 is 0 Å². The Morgan fingerprint density at radius 2 is 0.678 bits per heavy atom. The van der Waals surface area contributed by atoms with Crippen molar-refractivity contribution in [2.75, 3.05) is 0 Å². The molecular formula is C55H32N4. The molecule has 0 radical (unpaired) electrons. The maximum Gasteiger partial charge on any atom is 0.187 e. The summed E-state index contributed by atoms with van der Waals surface area (Å²) in [5, 5.41) is 19.2. The number of rotatable bonds is 4. The Labute approximate surface area is 343 Å². The zero-order chi connectivity index (χ0) is 40.1. The number of nitriles is 2. The molecule has 0 aromatic heterocycles. The van der Waals surface area contributed by atoms with Gasteiger partial charge < -0.3 is 0 Å². The lowest BCUT2D eigenvalue weighted by Gasteiger charge is -2.36. The Kier molecular flexibility index (Phi) is 8.36. The van der Waals surface area contributed by atoms with Gasteiger partial charge in [0.25, 0.3) is 0 Å². The summed E-state index contributed by atoms with van der Waals surface area (Å²) in [7, 11) is 0. The van der Waals surface area contributed by atoms with E-state index in [4.69, 9.17) is 13.1 Å². The summed E-state index contributed by atoms with van der Waals surface area (Å²) in [6, 6.07) is 63.4. The lowest BCUT2D eigenvalue weighted by molar-refractivity contribution is 0.763. The molecule has 4 heteroatoms. The van der Waals surface area contributed by atoms with Gasteiger partial charge in [-0.2, -0.15) is 10.5 Å². The molecule has 0 bridgehead atoms. The number of nitrogens with zero attached hydrogens (tertiary/aromatic N) is 4. The molecule has 4 nitrogen and oxygen atoms in total.